The van der Waals surface area contributed by atoms with Crippen molar-refractivity contribution in [2.75, 3.05) is 13.1 Å². The number of hydrogen-bond donors (Lipinski definition) is 0. The van der Waals surface area contributed by atoms with E-state index in [9.17, 15) is 22.4 Å². The molecule has 1 unspecified atom stereocenters. The fraction of sp³-hybridized carbons (Fsp3) is 0.500. The quantitative estimate of drug-likeness (QED) is 0.722. The maximum Gasteiger partial charge on any atom is 0.419 e. The monoisotopic (exact) mass is 289 g/mol. The van der Waals surface area contributed by atoms with Crippen LogP contribution in [0.15, 0.2) is 18.2 Å². The molecule has 1 amide bonds. The fourth-order valence-electron chi connectivity index (χ4n) is 2.46. The van der Waals surface area contributed by atoms with E-state index in [0.717, 1.165) is 25.0 Å². The molecule has 1 aliphatic rings. The molecule has 110 valence electrons. The van der Waals surface area contributed by atoms with Crippen molar-refractivity contribution in [3.63, 3.8) is 0 Å². The number of likely N-dealkylation sites (tertiary alicyclic amines) is 1. The Morgan fingerprint density at radius 1 is 1.35 bits per heavy atom. The first-order chi connectivity index (χ1) is 9.30. The van der Waals surface area contributed by atoms with Crippen molar-refractivity contribution in [2.24, 2.45) is 5.92 Å². The predicted molar refractivity (Wildman–Crippen MR) is 65.7 cm³/mol. The second-order valence-electron chi connectivity index (χ2n) is 5.16. The molecule has 0 N–H and O–H groups in total. The average Bonchev–Trinajstić information content (AvgIpc) is 2.37. The second-order valence-corrected chi connectivity index (χ2v) is 5.16. The molecule has 1 fully saturated rings. The topological polar surface area (TPSA) is 20.3 Å². The molecule has 20 heavy (non-hydrogen) atoms. The largest absolute Gasteiger partial charge is 0.419 e. The third kappa shape index (κ3) is 2.94. The number of amides is 1. The van der Waals surface area contributed by atoms with Gasteiger partial charge < -0.3 is 4.90 Å². The Kier molecular flexibility index (Phi) is 4.01. The summed E-state index contributed by atoms with van der Waals surface area (Å²) in [6.45, 7) is 2.87. The molecule has 2 nitrogen and oxygen atoms in total. The minimum atomic E-state index is -4.80. The zero-order valence-electron chi connectivity index (χ0n) is 11.0. The van der Waals surface area contributed by atoms with Crippen LogP contribution in [-0.2, 0) is 6.18 Å². The van der Waals surface area contributed by atoms with Crippen molar-refractivity contribution in [3.8, 4) is 0 Å². The summed E-state index contributed by atoms with van der Waals surface area (Å²) in [5.41, 5.74) is -1.90. The van der Waals surface area contributed by atoms with Crippen molar-refractivity contribution >= 4 is 5.91 Å². The van der Waals surface area contributed by atoms with Crippen LogP contribution in [0.25, 0.3) is 0 Å². The van der Waals surface area contributed by atoms with E-state index >= 15 is 0 Å². The van der Waals surface area contributed by atoms with Crippen LogP contribution in [0.1, 0.15) is 35.7 Å². The third-order valence-electron chi connectivity index (χ3n) is 3.48. The van der Waals surface area contributed by atoms with Gasteiger partial charge in [0, 0.05) is 13.1 Å². The number of rotatable bonds is 1. The molecule has 1 aromatic carbocycles. The first-order valence-electron chi connectivity index (χ1n) is 6.45. The van der Waals surface area contributed by atoms with E-state index in [0.29, 0.717) is 19.2 Å². The average molecular weight is 289 g/mol. The summed E-state index contributed by atoms with van der Waals surface area (Å²) in [5.74, 6) is -1.87. The molecule has 0 spiro atoms. The molecule has 0 radical (unpaired) electrons. The number of halogens is 4. The standard InChI is InChI=1S/C14H15F4NO/c1-9-4-3-7-19(8-9)13(20)10-5-2-6-11(12(10)15)14(16,17)18/h2,5-6,9H,3-4,7-8H2,1H3. The number of benzene rings is 1. The summed E-state index contributed by atoms with van der Waals surface area (Å²) in [7, 11) is 0. The normalized spacial score (nSPS) is 20.1. The highest BCUT2D eigenvalue weighted by molar-refractivity contribution is 5.94. The minimum Gasteiger partial charge on any atom is -0.338 e. The van der Waals surface area contributed by atoms with Crippen molar-refractivity contribution in [3.05, 3.63) is 35.1 Å². The van der Waals surface area contributed by atoms with Gasteiger partial charge in [0.25, 0.3) is 5.91 Å². The molecule has 1 heterocycles. The van der Waals surface area contributed by atoms with Gasteiger partial charge in [0.2, 0.25) is 0 Å². The highest BCUT2D eigenvalue weighted by Crippen LogP contribution is 2.33. The summed E-state index contributed by atoms with van der Waals surface area (Å²) in [5, 5.41) is 0. The summed E-state index contributed by atoms with van der Waals surface area (Å²) in [6.07, 6.45) is -3.04. The molecule has 6 heteroatoms. The van der Waals surface area contributed by atoms with Gasteiger partial charge in [-0.05, 0) is 30.9 Å². The number of carbonyl (C=O) groups excluding carboxylic acids is 1. The first kappa shape index (κ1) is 14.8. The molecule has 0 aromatic heterocycles. The maximum absolute atomic E-state index is 13.9. The van der Waals surface area contributed by atoms with E-state index in [4.69, 9.17) is 0 Å². The van der Waals surface area contributed by atoms with Crippen molar-refractivity contribution in [2.45, 2.75) is 25.9 Å². The van der Waals surface area contributed by atoms with Gasteiger partial charge in [-0.1, -0.05) is 13.0 Å². The Morgan fingerprint density at radius 2 is 2.05 bits per heavy atom. The lowest BCUT2D eigenvalue weighted by atomic mass is 9.99. The number of carbonyl (C=O) groups is 1. The SMILES string of the molecule is CC1CCCN(C(=O)c2cccc(C(F)(F)F)c2F)C1. The summed E-state index contributed by atoms with van der Waals surface area (Å²) >= 11 is 0. The zero-order valence-corrected chi connectivity index (χ0v) is 11.0. The van der Waals surface area contributed by atoms with Crippen LogP contribution in [0.4, 0.5) is 17.6 Å². The van der Waals surface area contributed by atoms with E-state index in [-0.39, 0.29) is 5.92 Å². The van der Waals surface area contributed by atoms with Gasteiger partial charge in [-0.2, -0.15) is 13.2 Å². The third-order valence-corrected chi connectivity index (χ3v) is 3.48. The van der Waals surface area contributed by atoms with Crippen LogP contribution < -0.4 is 0 Å². The Morgan fingerprint density at radius 3 is 2.65 bits per heavy atom. The highest BCUT2D eigenvalue weighted by Gasteiger charge is 2.36. The van der Waals surface area contributed by atoms with Crippen LogP contribution in [-0.4, -0.2) is 23.9 Å². The molecular weight excluding hydrogens is 274 g/mol. The van der Waals surface area contributed by atoms with E-state index < -0.39 is 29.0 Å². The second kappa shape index (κ2) is 5.42. The highest BCUT2D eigenvalue weighted by atomic mass is 19.4. The van der Waals surface area contributed by atoms with E-state index in [2.05, 4.69) is 0 Å². The minimum absolute atomic E-state index is 0.279. The number of alkyl halides is 3. The molecular formula is C14H15F4NO. The lowest BCUT2D eigenvalue weighted by molar-refractivity contribution is -0.140. The first-order valence-corrected chi connectivity index (χ1v) is 6.45. The lowest BCUT2D eigenvalue weighted by Gasteiger charge is -2.31. The number of hydrogen-bond acceptors (Lipinski definition) is 1. The van der Waals surface area contributed by atoms with Crippen LogP contribution in [0, 0.1) is 11.7 Å². The summed E-state index contributed by atoms with van der Waals surface area (Å²) in [4.78, 5) is 13.6. The van der Waals surface area contributed by atoms with E-state index in [1.54, 1.807) is 0 Å². The van der Waals surface area contributed by atoms with Crippen LogP contribution in [0.2, 0.25) is 0 Å². The van der Waals surface area contributed by atoms with E-state index in [1.807, 2.05) is 6.92 Å². The Labute approximate surface area is 114 Å². The molecule has 0 bridgehead atoms. The maximum atomic E-state index is 13.9. The Hall–Kier alpha value is -1.59. The fourth-order valence-corrected chi connectivity index (χ4v) is 2.46. The summed E-state index contributed by atoms with van der Waals surface area (Å²) < 4.78 is 51.8. The zero-order chi connectivity index (χ0) is 14.9. The predicted octanol–water partition coefficient (Wildman–Crippen LogP) is 3.72. The van der Waals surface area contributed by atoms with Gasteiger partial charge in [-0.15, -0.1) is 0 Å². The number of piperidine rings is 1. The van der Waals surface area contributed by atoms with Crippen LogP contribution in [0.3, 0.4) is 0 Å². The van der Waals surface area contributed by atoms with Gasteiger partial charge in [-0.3, -0.25) is 4.79 Å². The van der Waals surface area contributed by atoms with Crippen molar-refractivity contribution in [1.29, 1.82) is 0 Å². The summed E-state index contributed by atoms with van der Waals surface area (Å²) in [6, 6.07) is 2.81. The molecule has 1 atom stereocenters. The molecule has 1 aromatic rings. The van der Waals surface area contributed by atoms with Gasteiger partial charge in [0.1, 0.15) is 5.82 Å². The van der Waals surface area contributed by atoms with Gasteiger partial charge in [-0.25, -0.2) is 4.39 Å². The van der Waals surface area contributed by atoms with Crippen LogP contribution in [0.5, 0.6) is 0 Å². The van der Waals surface area contributed by atoms with Crippen molar-refractivity contribution < 1.29 is 22.4 Å². The lowest BCUT2D eigenvalue weighted by Crippen LogP contribution is -2.39. The van der Waals surface area contributed by atoms with Crippen molar-refractivity contribution in [1.82, 2.24) is 4.90 Å². The van der Waals surface area contributed by atoms with E-state index in [1.165, 1.54) is 4.90 Å². The smallest absolute Gasteiger partial charge is 0.338 e. The molecule has 2 rings (SSSR count). The van der Waals surface area contributed by atoms with Gasteiger partial charge in [0.15, 0.2) is 0 Å². The molecule has 0 saturated carbocycles. The van der Waals surface area contributed by atoms with Gasteiger partial charge >= 0.3 is 6.18 Å². The molecule has 1 saturated heterocycles. The number of nitrogens with zero attached hydrogens (tertiary/aromatic N) is 1. The van der Waals surface area contributed by atoms with Gasteiger partial charge in [0.05, 0.1) is 11.1 Å². The molecule has 0 aliphatic carbocycles. The van der Waals surface area contributed by atoms with Crippen LogP contribution >= 0.6 is 0 Å². The molecule has 1 aliphatic heterocycles. The Balaban J connectivity index is 2.31. The Bertz CT molecular complexity index is 512.